The Morgan fingerprint density at radius 1 is 1.32 bits per heavy atom. The van der Waals surface area contributed by atoms with Gasteiger partial charge in [-0.2, -0.15) is 5.26 Å². The fourth-order valence-electron chi connectivity index (χ4n) is 4.23. The van der Waals surface area contributed by atoms with E-state index < -0.39 is 29.0 Å². The Labute approximate surface area is 181 Å². The Morgan fingerprint density at radius 2 is 1.97 bits per heavy atom. The minimum atomic E-state index is -2.30. The van der Waals surface area contributed by atoms with E-state index in [1.54, 1.807) is 38.1 Å². The number of piperidine rings is 1. The first-order valence-electron chi connectivity index (χ1n) is 10.5. The lowest BCUT2D eigenvalue weighted by Gasteiger charge is -2.36. The van der Waals surface area contributed by atoms with Gasteiger partial charge in [-0.25, -0.2) is 13.6 Å². The number of alkyl halides is 1. The van der Waals surface area contributed by atoms with Crippen LogP contribution in [-0.4, -0.2) is 53.5 Å². The Balaban J connectivity index is 1.73. The van der Waals surface area contributed by atoms with Gasteiger partial charge in [0.1, 0.15) is 5.67 Å². The maximum Gasteiger partial charge on any atom is 0.347 e. The van der Waals surface area contributed by atoms with Crippen LogP contribution < -0.4 is 0 Å². The molecule has 0 aromatic heterocycles. The first-order chi connectivity index (χ1) is 14.7. The Morgan fingerprint density at radius 3 is 2.52 bits per heavy atom. The van der Waals surface area contributed by atoms with Gasteiger partial charge in [0.25, 0.3) is 0 Å². The number of carboxylic acids is 1. The van der Waals surface area contributed by atoms with Crippen molar-refractivity contribution in [1.82, 2.24) is 4.90 Å². The van der Waals surface area contributed by atoms with Crippen LogP contribution in [0.1, 0.15) is 38.2 Å². The number of ether oxygens (including phenoxy) is 1. The monoisotopic (exact) mass is 430 g/mol. The summed E-state index contributed by atoms with van der Waals surface area (Å²) in [5.74, 6) is -3.18. The van der Waals surface area contributed by atoms with Gasteiger partial charge in [-0.15, -0.1) is 0 Å². The predicted molar refractivity (Wildman–Crippen MR) is 113 cm³/mol. The second-order valence-corrected chi connectivity index (χ2v) is 8.88. The molecule has 0 spiro atoms. The maximum atomic E-state index is 15.4. The third kappa shape index (κ3) is 5.20. The number of carboxylic acid groups (broad SMARTS) is 1. The molecule has 1 aliphatic carbocycles. The van der Waals surface area contributed by atoms with Crippen LogP contribution in [0.15, 0.2) is 53.9 Å². The van der Waals surface area contributed by atoms with Crippen molar-refractivity contribution in [3.63, 3.8) is 0 Å². The lowest BCUT2D eigenvalue weighted by Crippen LogP contribution is -2.46. The second kappa shape index (κ2) is 9.29. The molecule has 1 saturated heterocycles. The molecule has 3 rings (SSSR count). The van der Waals surface area contributed by atoms with Crippen LogP contribution in [0, 0.1) is 17.2 Å². The molecule has 1 aromatic carbocycles. The number of hydrogen-bond acceptors (Lipinski definition) is 4. The fraction of sp³-hybridized carbons (Fsp3) is 0.500. The number of nitriles is 1. The maximum absolute atomic E-state index is 15.4. The van der Waals surface area contributed by atoms with E-state index in [0.29, 0.717) is 38.0 Å². The molecule has 1 aromatic rings. The molecule has 0 bridgehead atoms. The molecule has 31 heavy (non-hydrogen) atoms. The van der Waals surface area contributed by atoms with Gasteiger partial charge in [0.05, 0.1) is 18.2 Å². The van der Waals surface area contributed by atoms with Gasteiger partial charge in [0.2, 0.25) is 5.60 Å². The molecule has 0 radical (unpaired) electrons. The van der Waals surface area contributed by atoms with Crippen molar-refractivity contribution >= 4 is 5.97 Å². The summed E-state index contributed by atoms with van der Waals surface area (Å²) in [7, 11) is 0. The lowest BCUT2D eigenvalue weighted by molar-refractivity contribution is -0.159. The van der Waals surface area contributed by atoms with Gasteiger partial charge in [-0.1, -0.05) is 36.4 Å². The third-order valence-electron chi connectivity index (χ3n) is 5.85. The quantitative estimate of drug-likeness (QED) is 0.650. The van der Waals surface area contributed by atoms with Gasteiger partial charge >= 0.3 is 5.97 Å². The van der Waals surface area contributed by atoms with E-state index in [1.807, 2.05) is 17.0 Å². The Kier molecular flexibility index (Phi) is 6.93. The zero-order chi connectivity index (χ0) is 22.6. The van der Waals surface area contributed by atoms with Crippen molar-refractivity contribution in [3.8, 4) is 6.07 Å². The summed E-state index contributed by atoms with van der Waals surface area (Å²) in [6.07, 6.45) is 4.15. The Bertz CT molecular complexity index is 894. The molecular formula is C24H28F2N2O3. The van der Waals surface area contributed by atoms with E-state index in [9.17, 15) is 19.6 Å². The average Bonchev–Trinajstić information content (AvgIpc) is 2.73. The Hall–Kier alpha value is -2.56. The van der Waals surface area contributed by atoms with Crippen LogP contribution in [0.5, 0.6) is 0 Å². The largest absolute Gasteiger partial charge is 0.479 e. The number of allylic oxidation sites excluding steroid dienone is 2. The number of carbonyl (C=O) groups is 1. The molecule has 1 heterocycles. The molecule has 2 aliphatic rings. The smallest absolute Gasteiger partial charge is 0.347 e. The molecule has 0 amide bonds. The van der Waals surface area contributed by atoms with Gasteiger partial charge in [-0.05, 0) is 57.3 Å². The summed E-state index contributed by atoms with van der Waals surface area (Å²) < 4.78 is 34.9. The van der Waals surface area contributed by atoms with Gasteiger partial charge in [0.15, 0.2) is 5.83 Å². The third-order valence-corrected chi connectivity index (χ3v) is 5.85. The second-order valence-electron chi connectivity index (χ2n) is 8.88. The predicted octanol–water partition coefficient (Wildman–Crippen LogP) is 4.39. The molecular weight excluding hydrogens is 402 g/mol. The van der Waals surface area contributed by atoms with E-state index in [4.69, 9.17) is 4.74 Å². The number of benzene rings is 1. The number of halogens is 2. The lowest BCUT2D eigenvalue weighted by atomic mass is 9.81. The number of aliphatic carboxylic acids is 1. The van der Waals surface area contributed by atoms with Crippen LogP contribution in [0.25, 0.3) is 0 Å². The van der Waals surface area contributed by atoms with Crippen molar-refractivity contribution in [1.29, 1.82) is 5.26 Å². The summed E-state index contributed by atoms with van der Waals surface area (Å²) in [6.45, 7) is 4.82. The summed E-state index contributed by atoms with van der Waals surface area (Å²) >= 11 is 0. The van der Waals surface area contributed by atoms with E-state index in [0.717, 1.165) is 0 Å². The van der Waals surface area contributed by atoms with E-state index >= 15 is 4.39 Å². The number of hydrogen-bond donors (Lipinski definition) is 1. The van der Waals surface area contributed by atoms with Gasteiger partial charge < -0.3 is 14.7 Å². The van der Waals surface area contributed by atoms with Crippen LogP contribution >= 0.6 is 0 Å². The van der Waals surface area contributed by atoms with Gasteiger partial charge in [-0.3, -0.25) is 0 Å². The minimum absolute atomic E-state index is 0.0359. The minimum Gasteiger partial charge on any atom is -0.479 e. The fourth-order valence-corrected chi connectivity index (χ4v) is 4.23. The van der Waals surface area contributed by atoms with E-state index in [-0.39, 0.29) is 18.1 Å². The molecule has 1 aliphatic heterocycles. The standard InChI is InChI=1S/C24H28F2N2O3/c1-23(2,26)16-28-12-9-17(10-13-28)15-31-24(22(29)30)11-8-19(20(14-27)21(24)25)18-6-4-3-5-7-18/h3-8,11,17,19H,9-10,12-13,15-16H2,1-2H3,(H,29,30). The summed E-state index contributed by atoms with van der Waals surface area (Å²) in [6, 6.07) is 10.7. The summed E-state index contributed by atoms with van der Waals surface area (Å²) in [5.41, 5.74) is -3.13. The molecule has 166 valence electrons. The molecule has 2 atom stereocenters. The first-order valence-corrected chi connectivity index (χ1v) is 10.5. The van der Waals surface area contributed by atoms with Crippen molar-refractivity contribution in [2.45, 2.75) is 43.9 Å². The molecule has 5 nitrogen and oxygen atoms in total. The van der Waals surface area contributed by atoms with Crippen LogP contribution in [-0.2, 0) is 9.53 Å². The average molecular weight is 430 g/mol. The SMILES string of the molecule is CC(C)(F)CN1CCC(COC2(C(=O)O)C=CC(c3ccccc3)C(C#N)=C2F)CC1. The molecule has 7 heteroatoms. The highest BCUT2D eigenvalue weighted by Gasteiger charge is 2.48. The summed E-state index contributed by atoms with van der Waals surface area (Å²) in [4.78, 5) is 14.1. The zero-order valence-electron chi connectivity index (χ0n) is 17.9. The van der Waals surface area contributed by atoms with Crippen molar-refractivity contribution in [2.75, 3.05) is 26.2 Å². The number of likely N-dealkylation sites (tertiary alicyclic amines) is 1. The van der Waals surface area contributed by atoms with Crippen LogP contribution in [0.3, 0.4) is 0 Å². The highest BCUT2D eigenvalue weighted by atomic mass is 19.1. The van der Waals surface area contributed by atoms with Crippen molar-refractivity contribution < 1.29 is 23.4 Å². The summed E-state index contributed by atoms with van der Waals surface area (Å²) in [5, 5.41) is 19.4. The highest BCUT2D eigenvalue weighted by molar-refractivity contribution is 5.85. The van der Waals surface area contributed by atoms with Gasteiger partial charge in [0, 0.05) is 12.5 Å². The van der Waals surface area contributed by atoms with E-state index in [1.165, 1.54) is 12.2 Å². The van der Waals surface area contributed by atoms with Crippen molar-refractivity contribution in [3.05, 3.63) is 59.4 Å². The van der Waals surface area contributed by atoms with E-state index in [2.05, 4.69) is 0 Å². The van der Waals surface area contributed by atoms with Crippen LogP contribution in [0.2, 0.25) is 0 Å². The molecule has 1 N–H and O–H groups in total. The molecule has 0 saturated carbocycles. The topological polar surface area (TPSA) is 73.6 Å². The first kappa shape index (κ1) is 23.1. The highest BCUT2D eigenvalue weighted by Crippen LogP contribution is 2.41. The number of rotatable bonds is 7. The molecule has 1 fully saturated rings. The van der Waals surface area contributed by atoms with Crippen LogP contribution in [0.4, 0.5) is 8.78 Å². The normalized spacial score (nSPS) is 25.5. The zero-order valence-corrected chi connectivity index (χ0v) is 17.9. The number of nitrogens with zero attached hydrogens (tertiary/aromatic N) is 2. The van der Waals surface area contributed by atoms with Crippen molar-refractivity contribution in [2.24, 2.45) is 5.92 Å². The molecule has 2 unspecified atom stereocenters.